The molecule has 58 nitrogen and oxygen atoms in total. The molecule has 0 spiro atoms. The molecule has 5 unspecified atom stereocenters. The number of β-amino-alcohol motifs (C(OH)–C–C–N with tert-alkyl or cyclic N) is 2. The van der Waals surface area contributed by atoms with E-state index < -0.39 is 174 Å². The maximum absolute atomic E-state index is 11.3. The van der Waals surface area contributed by atoms with Crippen LogP contribution in [0.1, 0.15) is 6.92 Å². The Morgan fingerprint density at radius 2 is 0.876 bits per heavy atom. The van der Waals surface area contributed by atoms with Gasteiger partial charge < -0.3 is 231 Å². The van der Waals surface area contributed by atoms with Crippen molar-refractivity contribution in [2.75, 3.05) is 47.0 Å². The Balaban J connectivity index is -0.000000175. The zero-order valence-electron chi connectivity index (χ0n) is 63.3. The van der Waals surface area contributed by atoms with Gasteiger partial charge in [0.05, 0.1) is 47.4 Å². The molecule has 121 heavy (non-hydrogen) atoms. The molecule has 0 aliphatic carbocycles. The van der Waals surface area contributed by atoms with Crippen LogP contribution in [-0.2, 0) is 136 Å². The Hall–Kier alpha value is -4.18. The largest absolute Gasteiger partial charge is 1.00 e. The average molecular weight is 2060 g/mol. The SMILES string of the molecule is CC(O)(C[n+]1ccn(CC(O)(P(=O)(O)O)P(=O)(O)O)c1)P(=O)(O)O.COC(=O)CCl.COC(=O)Cn1cc[n+](CC(=O)OC)c1.C[Si](C)(C)n1ccnc1.O.O=C(O)C[n+]1ccn(CC(O)(P(=O)(O)O)P(=O)(O)O)c1.O=C(O)Cn1cc[n+](CC(=O)O)c1.O=P([O-])(O)C(O)CN1C=CN(CC(O)(P(=O)([O-])[O-])P(=O)([O-])O)C1.O=[P+]([O-])[O-].[Cl-].[Cl-].[Cl-].[Cl-].[Na+].[OH-]. The Kier molecular flexibility index (Phi) is 63.4. The summed E-state index contributed by atoms with van der Waals surface area (Å²) in [5.41, 5.74) is 0. The molecule has 0 saturated heterocycles. The molecule has 700 valence electrons. The van der Waals surface area contributed by atoms with Crippen molar-refractivity contribution in [3.05, 3.63) is 106 Å². The predicted octanol–water partition coefficient (Wildman–Crippen LogP) is -27.1. The number of aromatic nitrogens is 10. The van der Waals surface area contributed by atoms with Crippen LogP contribution in [0.3, 0.4) is 0 Å². The number of carbonyl (C=O) groups is 6. The molecule has 0 fully saturated rings. The molecule has 0 bridgehead atoms. The number of aliphatic carboxylic acids is 3. The molecule has 5 aromatic heterocycles. The van der Waals surface area contributed by atoms with Crippen LogP contribution < -0.4 is 127 Å². The van der Waals surface area contributed by atoms with Crippen molar-refractivity contribution in [2.45, 2.75) is 105 Å². The summed E-state index contributed by atoms with van der Waals surface area (Å²) >= 11 is 4.98. The van der Waals surface area contributed by atoms with Crippen molar-refractivity contribution in [3.63, 3.8) is 0 Å². The maximum atomic E-state index is 11.3. The number of hydrogen-bond acceptors (Lipinski definition) is 33. The van der Waals surface area contributed by atoms with Gasteiger partial charge in [-0.2, -0.15) is 0 Å². The summed E-state index contributed by atoms with van der Waals surface area (Å²) in [6.45, 7) is 1.84. The number of aliphatic hydroxyl groups is 5. The van der Waals surface area contributed by atoms with Crippen LogP contribution in [0.4, 0.5) is 0 Å². The van der Waals surface area contributed by atoms with E-state index in [-0.39, 0.29) is 134 Å². The molecule has 6 rings (SSSR count). The summed E-state index contributed by atoms with van der Waals surface area (Å²) in [5.74, 6) is -6.40. The topological polar surface area (TPSA) is 948 Å². The minimum Gasteiger partial charge on any atom is -1.00 e. The van der Waals surface area contributed by atoms with E-state index in [1.165, 1.54) is 55.4 Å². The van der Waals surface area contributed by atoms with Crippen LogP contribution in [0, 0.1) is 0 Å². The Bertz CT molecular complexity index is 4300. The number of aliphatic hydroxyl groups excluding tert-OH is 1. The number of nitrogens with zero attached hydrogens (tertiary/aromatic N) is 12. The Morgan fingerprint density at radius 3 is 1.16 bits per heavy atom. The van der Waals surface area contributed by atoms with Crippen LogP contribution in [0.5, 0.6) is 0 Å². The monoisotopic (exact) mass is 2060 g/mol. The minimum atomic E-state index is -6.18. The first-order valence-corrected chi connectivity index (χ1v) is 47.7. The van der Waals surface area contributed by atoms with Gasteiger partial charge in [-0.05, 0) is 14.5 Å². The number of carbonyl (C=O) groups excluding carboxylic acids is 3. The molecular weight excluding hydrogens is 1980 g/mol. The van der Waals surface area contributed by atoms with Gasteiger partial charge in [-0.15, -0.1) is 11.6 Å². The fourth-order valence-electron chi connectivity index (χ4n) is 7.40. The third-order valence-electron chi connectivity index (χ3n) is 13.3. The minimum absolute atomic E-state index is 0. The van der Waals surface area contributed by atoms with E-state index in [2.05, 4.69) is 43.1 Å². The van der Waals surface area contributed by atoms with E-state index in [1.807, 2.05) is 18.7 Å². The smallest absolute Gasteiger partial charge is 1.00 e. The van der Waals surface area contributed by atoms with Crippen LogP contribution in [0.15, 0.2) is 106 Å². The first-order chi connectivity index (χ1) is 51.2. The van der Waals surface area contributed by atoms with Gasteiger partial charge in [0, 0.05) is 24.8 Å². The number of alkyl halides is 1. The van der Waals surface area contributed by atoms with Gasteiger partial charge in [0.1, 0.15) is 80.9 Å². The van der Waals surface area contributed by atoms with Gasteiger partial charge >= 0.3 is 114 Å². The van der Waals surface area contributed by atoms with E-state index >= 15 is 0 Å². The number of hydrogen-bond donors (Lipinski definition) is 20. The van der Waals surface area contributed by atoms with E-state index in [0.29, 0.717) is 0 Å². The first kappa shape index (κ1) is 135. The van der Waals surface area contributed by atoms with E-state index in [9.17, 15) is 110 Å². The third kappa shape index (κ3) is 49.1. The third-order valence-corrected chi connectivity index (χ3v) is 28.7. The molecule has 23 N–H and O–H groups in total. The number of halogens is 5. The summed E-state index contributed by atoms with van der Waals surface area (Å²) in [4.78, 5) is 236. The first-order valence-electron chi connectivity index (χ1n) is 29.8. The summed E-state index contributed by atoms with van der Waals surface area (Å²) in [7, 11) is -45.0. The summed E-state index contributed by atoms with van der Waals surface area (Å²) in [5, 5.41) is 59.5. The van der Waals surface area contributed by atoms with Crippen molar-refractivity contribution < 1.29 is 321 Å². The van der Waals surface area contributed by atoms with Gasteiger partial charge in [0.25, 0.3) is 8.25 Å². The van der Waals surface area contributed by atoms with Crippen molar-refractivity contribution in [2.24, 2.45) is 0 Å². The molecule has 1 aliphatic heterocycles. The van der Waals surface area contributed by atoms with Gasteiger partial charge in [0.15, 0.2) is 61.2 Å². The van der Waals surface area contributed by atoms with Gasteiger partial charge in [-0.25, -0.2) is 65.5 Å². The quantitative estimate of drug-likeness (QED) is 0.00507. The molecule has 6 heterocycles. The summed E-state index contributed by atoms with van der Waals surface area (Å²) in [6.07, 6.45) is 23.7. The van der Waals surface area contributed by atoms with Crippen LogP contribution in [0.2, 0.25) is 19.6 Å². The predicted molar refractivity (Wildman–Crippen MR) is 369 cm³/mol. The normalized spacial score (nSPS) is 14.0. The molecule has 0 saturated carbocycles. The van der Waals surface area contributed by atoms with Gasteiger partial charge in [0.2, 0.25) is 30.7 Å². The number of imidazole rings is 5. The molecule has 0 amide bonds. The second-order valence-electron chi connectivity index (χ2n) is 23.7. The molecule has 5 atom stereocenters. The molecule has 5 aromatic rings. The fraction of sp³-hybridized carbons (Fsp3) is 0.511. The molecule has 1 aliphatic rings. The van der Waals surface area contributed by atoms with E-state index in [1.54, 1.807) is 27.9 Å². The second kappa shape index (κ2) is 56.9. The van der Waals surface area contributed by atoms with Crippen LogP contribution >= 0.6 is 80.6 Å². The standard InChI is InChI=1S/C9H13N2O4.C8H17N2O11P3.C7H17N2O11P3.C7H12N2O9P2.C7H8N2O4.C6H12N2Si.C3H5ClO2.4ClH.Na.HO3P.2H2O/c1-14-8(12)5-10-3-4-11(7-10)6-9(13)15-2;1-7(11,22(13,14)15)4-9-2-3-10(6-9)5-8(12,23(16,17)18)24(19,20)21;10-6(21(12,13)14)3-8-1-2-9(5-8)4-7(11,22(15,16)17)23(18,19)20;10-6(11)3-8-1-2-9(5-8)4-7(12,19(13,14)15)20(16,17)18;10-6(11)3-8-1-2-9(5-8)4-7(12)13;1-9(2,3)8-5-4-7-6-8;1-6-3(5)2-4;;;;;;1-4(2)3;;/h3-4,7H,5-6H2,1-2H3;2-3,6,11-12H,4-5H2,1H3,(H5-,13,14,15,16,17,18,19,20,21);1-2,6,10-11H,3-5H2,(H2,12,13,14)(H2,15,16,17)(H2,18,19,20);1-2,5,12H,3-4H2,(H4-,10,11,13,14,15,16,17,18);1-2,5H,3-4H2,(H-,10,11,12,13);4-6H,1-3H3;2H2,1H3;4*1H;;(H,1,2,3);2*1H2/q+1;;;;;;;;;;;+1;;;/p-7. The van der Waals surface area contributed by atoms with Gasteiger partial charge in [-0.3, -0.25) is 27.6 Å². The van der Waals surface area contributed by atoms with Crippen molar-refractivity contribution >= 4 is 125 Å². The van der Waals surface area contributed by atoms with E-state index in [0.717, 1.165) is 78.6 Å². The van der Waals surface area contributed by atoms with E-state index in [4.69, 9.17) is 100.0 Å². The number of esters is 3. The second-order valence-corrected chi connectivity index (χ2v) is 45.0. The molecule has 0 aromatic carbocycles. The fourth-order valence-corrected chi connectivity index (χ4v) is 15.3. The van der Waals surface area contributed by atoms with Crippen LogP contribution in [0.25, 0.3) is 0 Å². The van der Waals surface area contributed by atoms with Crippen molar-refractivity contribution in [1.82, 2.24) is 37.3 Å². The zero-order valence-corrected chi connectivity index (χ0v) is 78.2. The van der Waals surface area contributed by atoms with Crippen molar-refractivity contribution in [3.8, 4) is 0 Å². The van der Waals surface area contributed by atoms with Crippen LogP contribution in [-0.4, -0.2) is 265 Å². The van der Waals surface area contributed by atoms with Gasteiger partial charge in [-0.1, -0.05) is 24.2 Å². The molecular formula is C47H86Cl5N12NaO46P9Si-5. The zero-order chi connectivity index (χ0) is 89.8. The molecule has 74 heteroatoms. The number of ether oxygens (including phenoxy) is 3. The summed E-state index contributed by atoms with van der Waals surface area (Å²) in [6, 6.07) is 0. The summed E-state index contributed by atoms with van der Waals surface area (Å²) < 4.78 is 122. The molecule has 0 radical (unpaired) electrons. The number of carboxylic acids is 3. The number of methoxy groups -OCH3 is 3. The average Bonchev–Trinajstić information content (AvgIpc) is 1.69. The Labute approximate surface area is 737 Å². The van der Waals surface area contributed by atoms with Crippen molar-refractivity contribution in [1.29, 1.82) is 0 Å². The number of carboxylic acid groups (broad SMARTS) is 3. The maximum Gasteiger partial charge on any atom is 1.00 e. The number of rotatable bonds is 30. The Morgan fingerprint density at radius 1 is 0.537 bits per heavy atom.